The maximum atomic E-state index is 13.3. The van der Waals surface area contributed by atoms with E-state index in [0.29, 0.717) is 24.3 Å². The first-order valence-electron chi connectivity index (χ1n) is 11.0. The Kier molecular flexibility index (Phi) is 8.31. The molecular formula is C26H37N3O3. The van der Waals surface area contributed by atoms with Crippen molar-refractivity contribution in [2.75, 3.05) is 31.4 Å². The van der Waals surface area contributed by atoms with Gasteiger partial charge in [-0.3, -0.25) is 9.59 Å². The van der Waals surface area contributed by atoms with Gasteiger partial charge in [-0.25, -0.2) is 0 Å². The fourth-order valence-corrected chi connectivity index (χ4v) is 3.48. The standard InChI is InChI=1S/C26H37N3O3/c1-18(2)29(25(31)19-9-12-22(32-8)13-10-19)17-20-15-21(11-14-23(20)28(6)7)27-24(30)16-26(3,4)5/h9-15,18H,16-17H2,1-8H3,(H,27,30). The lowest BCUT2D eigenvalue weighted by molar-refractivity contribution is -0.117. The van der Waals surface area contributed by atoms with Gasteiger partial charge in [0, 0.05) is 50.0 Å². The highest BCUT2D eigenvalue weighted by Gasteiger charge is 2.22. The number of rotatable bonds is 8. The van der Waals surface area contributed by atoms with Crippen molar-refractivity contribution in [3.8, 4) is 5.75 Å². The van der Waals surface area contributed by atoms with Crippen LogP contribution in [-0.4, -0.2) is 44.0 Å². The molecule has 0 heterocycles. The van der Waals surface area contributed by atoms with Crippen molar-refractivity contribution >= 4 is 23.2 Å². The summed E-state index contributed by atoms with van der Waals surface area (Å²) in [5.41, 5.74) is 3.24. The maximum Gasteiger partial charge on any atom is 0.254 e. The number of nitrogens with one attached hydrogen (secondary N) is 1. The summed E-state index contributed by atoms with van der Waals surface area (Å²) in [5.74, 6) is 0.650. The molecule has 2 rings (SSSR count). The van der Waals surface area contributed by atoms with Crippen LogP contribution in [0.1, 0.15) is 57.0 Å². The molecule has 0 aliphatic carbocycles. The molecule has 6 heteroatoms. The van der Waals surface area contributed by atoms with E-state index < -0.39 is 0 Å². The summed E-state index contributed by atoms with van der Waals surface area (Å²) in [6.07, 6.45) is 0.436. The van der Waals surface area contributed by atoms with Crippen molar-refractivity contribution in [1.29, 1.82) is 0 Å². The van der Waals surface area contributed by atoms with Gasteiger partial charge in [0.15, 0.2) is 0 Å². The number of carbonyl (C=O) groups excluding carboxylic acids is 2. The van der Waals surface area contributed by atoms with E-state index in [4.69, 9.17) is 4.74 Å². The number of hydrogen-bond donors (Lipinski definition) is 1. The van der Waals surface area contributed by atoms with Gasteiger partial charge in [0.25, 0.3) is 5.91 Å². The minimum Gasteiger partial charge on any atom is -0.497 e. The zero-order valence-corrected chi connectivity index (χ0v) is 20.7. The maximum absolute atomic E-state index is 13.3. The number of carbonyl (C=O) groups is 2. The summed E-state index contributed by atoms with van der Waals surface area (Å²) < 4.78 is 5.20. The first kappa shape index (κ1) is 25.2. The molecule has 0 bridgehead atoms. The van der Waals surface area contributed by atoms with Crippen molar-refractivity contribution in [1.82, 2.24) is 4.90 Å². The van der Waals surface area contributed by atoms with E-state index >= 15 is 0 Å². The third-order valence-electron chi connectivity index (χ3n) is 5.10. The van der Waals surface area contributed by atoms with Gasteiger partial charge < -0.3 is 19.9 Å². The van der Waals surface area contributed by atoms with E-state index in [2.05, 4.69) is 5.32 Å². The average molecular weight is 440 g/mol. The molecule has 0 spiro atoms. The number of methoxy groups -OCH3 is 1. The van der Waals surface area contributed by atoms with E-state index in [1.165, 1.54) is 0 Å². The fraction of sp³-hybridized carbons (Fsp3) is 0.462. The lowest BCUT2D eigenvalue weighted by atomic mass is 9.92. The Labute approximate surface area is 192 Å². The Morgan fingerprint density at radius 2 is 1.66 bits per heavy atom. The Balaban J connectivity index is 2.32. The Hall–Kier alpha value is -3.02. The highest BCUT2D eigenvalue weighted by molar-refractivity contribution is 5.95. The molecule has 0 atom stereocenters. The van der Waals surface area contributed by atoms with Crippen LogP contribution in [0.15, 0.2) is 42.5 Å². The predicted molar refractivity (Wildman–Crippen MR) is 131 cm³/mol. The van der Waals surface area contributed by atoms with Crippen molar-refractivity contribution in [2.24, 2.45) is 5.41 Å². The summed E-state index contributed by atoms with van der Waals surface area (Å²) >= 11 is 0. The van der Waals surface area contributed by atoms with Crippen molar-refractivity contribution in [3.63, 3.8) is 0 Å². The van der Waals surface area contributed by atoms with Crippen LogP contribution in [0, 0.1) is 5.41 Å². The van der Waals surface area contributed by atoms with Crippen LogP contribution < -0.4 is 15.0 Å². The molecule has 0 radical (unpaired) electrons. The van der Waals surface area contributed by atoms with Gasteiger partial charge in [0.05, 0.1) is 7.11 Å². The number of benzene rings is 2. The third kappa shape index (κ3) is 7.01. The van der Waals surface area contributed by atoms with Crippen LogP contribution in [0.2, 0.25) is 0 Å². The van der Waals surface area contributed by atoms with Crippen LogP contribution in [0.3, 0.4) is 0 Å². The Morgan fingerprint density at radius 3 is 2.16 bits per heavy atom. The molecule has 174 valence electrons. The molecular weight excluding hydrogens is 402 g/mol. The molecule has 0 fully saturated rings. The minimum atomic E-state index is -0.0876. The molecule has 0 saturated carbocycles. The molecule has 32 heavy (non-hydrogen) atoms. The van der Waals surface area contributed by atoms with Gasteiger partial charge in [-0.15, -0.1) is 0 Å². The SMILES string of the molecule is COc1ccc(C(=O)N(Cc2cc(NC(=O)CC(C)(C)C)ccc2N(C)C)C(C)C)cc1. The van der Waals surface area contributed by atoms with E-state index in [-0.39, 0.29) is 23.3 Å². The average Bonchev–Trinajstić information content (AvgIpc) is 2.69. The largest absolute Gasteiger partial charge is 0.497 e. The first-order chi connectivity index (χ1) is 14.9. The molecule has 0 saturated heterocycles. The molecule has 2 aromatic rings. The van der Waals surface area contributed by atoms with Gasteiger partial charge in [-0.05, 0) is 67.3 Å². The van der Waals surface area contributed by atoms with Crippen LogP contribution >= 0.6 is 0 Å². The van der Waals surface area contributed by atoms with Gasteiger partial charge in [-0.2, -0.15) is 0 Å². The van der Waals surface area contributed by atoms with Gasteiger partial charge in [-0.1, -0.05) is 20.8 Å². The van der Waals surface area contributed by atoms with Crippen molar-refractivity contribution in [3.05, 3.63) is 53.6 Å². The fourth-order valence-electron chi connectivity index (χ4n) is 3.48. The molecule has 2 amide bonds. The van der Waals surface area contributed by atoms with Crippen LogP contribution in [-0.2, 0) is 11.3 Å². The van der Waals surface area contributed by atoms with Crippen LogP contribution in [0.25, 0.3) is 0 Å². The monoisotopic (exact) mass is 439 g/mol. The first-order valence-corrected chi connectivity index (χ1v) is 11.0. The summed E-state index contributed by atoms with van der Waals surface area (Å²) in [5, 5.41) is 3.01. The minimum absolute atomic E-state index is 0.00116. The summed E-state index contributed by atoms with van der Waals surface area (Å²) in [6, 6.07) is 13.0. The van der Waals surface area contributed by atoms with Crippen LogP contribution in [0.4, 0.5) is 11.4 Å². The van der Waals surface area contributed by atoms with Crippen molar-refractivity contribution < 1.29 is 14.3 Å². The van der Waals surface area contributed by atoms with Crippen LogP contribution in [0.5, 0.6) is 5.75 Å². The Bertz CT molecular complexity index is 928. The normalized spacial score (nSPS) is 11.3. The summed E-state index contributed by atoms with van der Waals surface area (Å²) in [7, 11) is 5.55. The lowest BCUT2D eigenvalue weighted by Crippen LogP contribution is -2.36. The lowest BCUT2D eigenvalue weighted by Gasteiger charge is -2.29. The number of amides is 2. The van der Waals surface area contributed by atoms with Gasteiger partial charge in [0.2, 0.25) is 5.91 Å². The molecule has 0 aliphatic rings. The second kappa shape index (κ2) is 10.5. The summed E-state index contributed by atoms with van der Waals surface area (Å²) in [4.78, 5) is 29.6. The van der Waals surface area contributed by atoms with E-state index in [1.807, 2.05) is 76.7 Å². The van der Waals surface area contributed by atoms with E-state index in [9.17, 15) is 9.59 Å². The van der Waals surface area contributed by atoms with Gasteiger partial charge >= 0.3 is 0 Å². The zero-order chi connectivity index (χ0) is 24.1. The number of ether oxygens (including phenoxy) is 1. The highest BCUT2D eigenvalue weighted by atomic mass is 16.5. The third-order valence-corrected chi connectivity index (χ3v) is 5.10. The van der Waals surface area contributed by atoms with E-state index in [0.717, 1.165) is 16.9 Å². The second-order valence-corrected chi connectivity index (χ2v) is 9.78. The molecule has 0 aliphatic heterocycles. The van der Waals surface area contributed by atoms with E-state index in [1.54, 1.807) is 31.4 Å². The molecule has 6 nitrogen and oxygen atoms in total. The topological polar surface area (TPSA) is 61.9 Å². The molecule has 0 unspecified atom stereocenters. The Morgan fingerprint density at radius 1 is 1.03 bits per heavy atom. The number of hydrogen-bond acceptors (Lipinski definition) is 4. The molecule has 0 aromatic heterocycles. The smallest absolute Gasteiger partial charge is 0.254 e. The molecule has 1 N–H and O–H groups in total. The quantitative estimate of drug-likeness (QED) is 0.615. The second-order valence-electron chi connectivity index (χ2n) is 9.78. The highest BCUT2D eigenvalue weighted by Crippen LogP contribution is 2.27. The van der Waals surface area contributed by atoms with Gasteiger partial charge in [0.1, 0.15) is 5.75 Å². The zero-order valence-electron chi connectivity index (χ0n) is 20.7. The summed E-state index contributed by atoms with van der Waals surface area (Å²) in [6.45, 7) is 10.6. The van der Waals surface area contributed by atoms with Crippen molar-refractivity contribution in [2.45, 2.75) is 53.6 Å². The number of anilines is 2. The predicted octanol–water partition coefficient (Wildman–Crippen LogP) is 5.19. The number of nitrogens with zero attached hydrogens (tertiary/aromatic N) is 2. The molecule has 2 aromatic carbocycles.